The zero-order valence-corrected chi connectivity index (χ0v) is 14.9. The number of amides is 1. The summed E-state index contributed by atoms with van der Waals surface area (Å²) in [5.41, 5.74) is 7.70. The van der Waals surface area contributed by atoms with E-state index in [-0.39, 0.29) is 36.8 Å². The molecule has 5 nitrogen and oxygen atoms in total. The minimum Gasteiger partial charge on any atom is -0.393 e. The number of piperidine rings is 1. The number of carbonyl (C=O) groups excluding carboxylic acids is 1. The summed E-state index contributed by atoms with van der Waals surface area (Å²) in [7, 11) is 0. The number of halogens is 2. The maximum absolute atomic E-state index is 11.4. The predicted octanol–water partition coefficient (Wildman–Crippen LogP) is 1.45. The third kappa shape index (κ3) is 7.99. The fourth-order valence-corrected chi connectivity index (χ4v) is 2.52. The highest BCUT2D eigenvalue weighted by Gasteiger charge is 2.16. The second kappa shape index (κ2) is 11.6. The molecule has 0 aliphatic carbocycles. The molecular weight excluding hydrogens is 337 g/mol. The molecule has 2 rings (SSSR count). The van der Waals surface area contributed by atoms with Crippen LogP contribution in [0, 0.1) is 0 Å². The van der Waals surface area contributed by atoms with Crippen molar-refractivity contribution in [2.45, 2.75) is 38.5 Å². The first kappa shape index (κ1) is 22.1. The monoisotopic (exact) mass is 363 g/mol. The smallest absolute Gasteiger partial charge is 0.221 e. The van der Waals surface area contributed by atoms with Crippen molar-refractivity contribution in [1.82, 2.24) is 10.2 Å². The SMILES string of the molecule is Cl.Cl.NCCC(=O)NCc1ccc(CN2CCC(O)CC2)cc1. The first-order chi connectivity index (χ1) is 10.2. The van der Waals surface area contributed by atoms with E-state index >= 15 is 0 Å². The minimum absolute atomic E-state index is 0. The molecule has 1 fully saturated rings. The molecule has 1 aromatic carbocycles. The number of nitrogens with one attached hydrogen (secondary N) is 1. The summed E-state index contributed by atoms with van der Waals surface area (Å²) in [6.07, 6.45) is 1.98. The van der Waals surface area contributed by atoms with Gasteiger partial charge in [-0.05, 0) is 24.0 Å². The molecule has 23 heavy (non-hydrogen) atoms. The van der Waals surface area contributed by atoms with Crippen LogP contribution in [-0.2, 0) is 17.9 Å². The molecule has 7 heteroatoms. The second-order valence-electron chi connectivity index (χ2n) is 5.64. The van der Waals surface area contributed by atoms with Crippen molar-refractivity contribution >= 4 is 30.7 Å². The fourth-order valence-electron chi connectivity index (χ4n) is 2.52. The molecule has 0 spiro atoms. The highest BCUT2D eigenvalue weighted by Crippen LogP contribution is 2.14. The molecule has 0 saturated carbocycles. The maximum Gasteiger partial charge on any atom is 0.221 e. The van der Waals surface area contributed by atoms with Crippen LogP contribution in [-0.4, -0.2) is 41.7 Å². The Morgan fingerprint density at radius 3 is 2.30 bits per heavy atom. The molecule has 1 aliphatic heterocycles. The summed E-state index contributed by atoms with van der Waals surface area (Å²) >= 11 is 0. The van der Waals surface area contributed by atoms with E-state index in [1.165, 1.54) is 5.56 Å². The molecule has 1 aliphatic rings. The largest absolute Gasteiger partial charge is 0.393 e. The zero-order valence-electron chi connectivity index (χ0n) is 13.2. The van der Waals surface area contributed by atoms with E-state index in [2.05, 4.69) is 34.5 Å². The van der Waals surface area contributed by atoms with Gasteiger partial charge in [0.2, 0.25) is 5.91 Å². The topological polar surface area (TPSA) is 78.6 Å². The Morgan fingerprint density at radius 1 is 1.17 bits per heavy atom. The lowest BCUT2D eigenvalue weighted by molar-refractivity contribution is -0.121. The van der Waals surface area contributed by atoms with Crippen LogP contribution in [0.4, 0.5) is 0 Å². The van der Waals surface area contributed by atoms with Gasteiger partial charge in [-0.15, -0.1) is 24.8 Å². The molecule has 1 saturated heterocycles. The summed E-state index contributed by atoms with van der Waals surface area (Å²) in [4.78, 5) is 13.7. The molecular formula is C16H27Cl2N3O2. The van der Waals surface area contributed by atoms with Crippen LogP contribution < -0.4 is 11.1 Å². The van der Waals surface area contributed by atoms with Gasteiger partial charge in [0.15, 0.2) is 0 Å². The van der Waals surface area contributed by atoms with Crippen molar-refractivity contribution in [3.05, 3.63) is 35.4 Å². The molecule has 132 valence electrons. The Balaban J connectivity index is 0.00000242. The van der Waals surface area contributed by atoms with Crippen molar-refractivity contribution < 1.29 is 9.90 Å². The lowest BCUT2D eigenvalue weighted by atomic mass is 10.1. The van der Waals surface area contributed by atoms with Gasteiger partial charge in [0.25, 0.3) is 0 Å². The Labute approximate surface area is 150 Å². The number of hydrogen-bond donors (Lipinski definition) is 3. The van der Waals surface area contributed by atoms with Gasteiger partial charge in [0, 0.05) is 39.1 Å². The van der Waals surface area contributed by atoms with Gasteiger partial charge in [-0.3, -0.25) is 9.69 Å². The number of likely N-dealkylation sites (tertiary alicyclic amines) is 1. The van der Waals surface area contributed by atoms with E-state index < -0.39 is 0 Å². The van der Waals surface area contributed by atoms with Crippen LogP contribution in [0.1, 0.15) is 30.4 Å². The highest BCUT2D eigenvalue weighted by atomic mass is 35.5. The average molecular weight is 364 g/mol. The summed E-state index contributed by atoms with van der Waals surface area (Å²) in [5.74, 6) is -0.00606. The van der Waals surface area contributed by atoms with E-state index in [0.29, 0.717) is 19.5 Å². The van der Waals surface area contributed by atoms with Gasteiger partial charge in [0.05, 0.1) is 6.10 Å². The normalized spacial score (nSPS) is 15.4. The lowest BCUT2D eigenvalue weighted by Gasteiger charge is -2.29. The van der Waals surface area contributed by atoms with Gasteiger partial charge in [0.1, 0.15) is 0 Å². The number of nitrogens with two attached hydrogens (primary N) is 1. The fraction of sp³-hybridized carbons (Fsp3) is 0.562. The molecule has 1 amide bonds. The van der Waals surface area contributed by atoms with Crippen LogP contribution in [0.2, 0.25) is 0 Å². The molecule has 1 aromatic rings. The standard InChI is InChI=1S/C16H25N3O2.2ClH/c17-8-5-16(21)18-11-13-1-3-14(4-2-13)12-19-9-6-15(20)7-10-19;;/h1-4,15,20H,5-12,17H2,(H,18,21);2*1H. The van der Waals surface area contributed by atoms with Crippen LogP contribution in [0.3, 0.4) is 0 Å². The second-order valence-corrected chi connectivity index (χ2v) is 5.64. The Bertz CT molecular complexity index is 449. The third-order valence-electron chi connectivity index (χ3n) is 3.85. The number of rotatable bonds is 6. The quantitative estimate of drug-likeness (QED) is 0.714. The Morgan fingerprint density at radius 2 is 1.74 bits per heavy atom. The first-order valence-electron chi connectivity index (χ1n) is 7.62. The molecule has 0 aromatic heterocycles. The maximum atomic E-state index is 11.4. The predicted molar refractivity (Wildman–Crippen MR) is 97.0 cm³/mol. The van der Waals surface area contributed by atoms with E-state index in [0.717, 1.165) is 38.0 Å². The number of nitrogens with zero attached hydrogens (tertiary/aromatic N) is 1. The van der Waals surface area contributed by atoms with Crippen molar-refractivity contribution in [1.29, 1.82) is 0 Å². The van der Waals surface area contributed by atoms with Gasteiger partial charge in [-0.25, -0.2) is 0 Å². The Kier molecular flexibility index (Phi) is 11.2. The number of aliphatic hydroxyl groups is 1. The highest BCUT2D eigenvalue weighted by molar-refractivity contribution is 5.85. The summed E-state index contributed by atoms with van der Waals surface area (Å²) in [6, 6.07) is 8.32. The van der Waals surface area contributed by atoms with E-state index in [9.17, 15) is 9.90 Å². The molecule has 0 bridgehead atoms. The number of aliphatic hydroxyl groups excluding tert-OH is 1. The number of carbonyl (C=O) groups is 1. The van der Waals surface area contributed by atoms with Crippen LogP contribution in [0.25, 0.3) is 0 Å². The van der Waals surface area contributed by atoms with Gasteiger partial charge in [-0.1, -0.05) is 24.3 Å². The van der Waals surface area contributed by atoms with Crippen LogP contribution in [0.15, 0.2) is 24.3 Å². The lowest BCUT2D eigenvalue weighted by Crippen LogP contribution is -2.35. The van der Waals surface area contributed by atoms with Crippen LogP contribution in [0.5, 0.6) is 0 Å². The Hall–Kier alpha value is -0.850. The first-order valence-corrected chi connectivity index (χ1v) is 7.62. The molecule has 0 atom stereocenters. The van der Waals surface area contributed by atoms with Gasteiger partial charge in [-0.2, -0.15) is 0 Å². The van der Waals surface area contributed by atoms with E-state index in [1.54, 1.807) is 0 Å². The van der Waals surface area contributed by atoms with Gasteiger partial charge >= 0.3 is 0 Å². The number of hydrogen-bond acceptors (Lipinski definition) is 4. The van der Waals surface area contributed by atoms with E-state index in [4.69, 9.17) is 5.73 Å². The molecule has 0 unspecified atom stereocenters. The van der Waals surface area contributed by atoms with Crippen molar-refractivity contribution in [3.8, 4) is 0 Å². The van der Waals surface area contributed by atoms with Crippen molar-refractivity contribution in [3.63, 3.8) is 0 Å². The minimum atomic E-state index is -0.124. The summed E-state index contributed by atoms with van der Waals surface area (Å²) < 4.78 is 0. The summed E-state index contributed by atoms with van der Waals surface area (Å²) in [6.45, 7) is 3.77. The molecule has 0 radical (unpaired) electrons. The molecule has 1 heterocycles. The van der Waals surface area contributed by atoms with Gasteiger partial charge < -0.3 is 16.2 Å². The average Bonchev–Trinajstić information content (AvgIpc) is 2.49. The molecule has 4 N–H and O–H groups in total. The van der Waals surface area contributed by atoms with Crippen LogP contribution >= 0.6 is 24.8 Å². The zero-order chi connectivity index (χ0) is 15.1. The summed E-state index contributed by atoms with van der Waals surface area (Å²) in [5, 5.41) is 12.4. The third-order valence-corrected chi connectivity index (χ3v) is 3.85. The number of benzene rings is 1. The van der Waals surface area contributed by atoms with Crippen molar-refractivity contribution in [2.75, 3.05) is 19.6 Å². The van der Waals surface area contributed by atoms with E-state index in [1.807, 2.05) is 0 Å². The van der Waals surface area contributed by atoms with Crippen molar-refractivity contribution in [2.24, 2.45) is 5.73 Å².